The van der Waals surface area contributed by atoms with Crippen molar-refractivity contribution in [2.75, 3.05) is 13.1 Å². The summed E-state index contributed by atoms with van der Waals surface area (Å²) in [5.41, 5.74) is 1.47. The van der Waals surface area contributed by atoms with Gasteiger partial charge in [-0.2, -0.15) is 0 Å². The standard InChI is InChI=1S/C18H21NS/c1-3-7-15(8-4-1)18(16-11-13-19-14-12-16)20-17-9-5-2-6-10-17/h1-10,16,18-19H,11-14H2. The van der Waals surface area contributed by atoms with Crippen molar-refractivity contribution in [1.82, 2.24) is 5.32 Å². The molecule has 0 amide bonds. The molecule has 1 unspecified atom stereocenters. The first kappa shape index (κ1) is 13.7. The van der Waals surface area contributed by atoms with Crippen molar-refractivity contribution >= 4 is 11.8 Å². The van der Waals surface area contributed by atoms with E-state index >= 15 is 0 Å². The van der Waals surface area contributed by atoms with Gasteiger partial charge in [0, 0.05) is 10.1 Å². The summed E-state index contributed by atoms with van der Waals surface area (Å²) in [5, 5.41) is 4.05. The molecular weight excluding hydrogens is 262 g/mol. The first-order valence-electron chi connectivity index (χ1n) is 7.41. The zero-order chi connectivity index (χ0) is 13.6. The molecule has 1 heterocycles. The third-order valence-corrected chi connectivity index (χ3v) is 5.40. The Morgan fingerprint density at radius 3 is 2.10 bits per heavy atom. The second-order valence-electron chi connectivity index (χ2n) is 5.35. The molecule has 1 atom stereocenters. The highest BCUT2D eigenvalue weighted by Crippen LogP contribution is 2.43. The lowest BCUT2D eigenvalue weighted by molar-refractivity contribution is 0.367. The second-order valence-corrected chi connectivity index (χ2v) is 6.56. The predicted molar refractivity (Wildman–Crippen MR) is 87.1 cm³/mol. The van der Waals surface area contributed by atoms with Crippen LogP contribution in [0.2, 0.25) is 0 Å². The summed E-state index contributed by atoms with van der Waals surface area (Å²) in [6, 6.07) is 21.8. The van der Waals surface area contributed by atoms with Gasteiger partial charge in [-0.25, -0.2) is 0 Å². The summed E-state index contributed by atoms with van der Waals surface area (Å²) in [4.78, 5) is 1.37. The second kappa shape index (κ2) is 6.96. The Bertz CT molecular complexity index is 505. The number of rotatable bonds is 4. The molecule has 0 aromatic heterocycles. The maximum absolute atomic E-state index is 3.48. The lowest BCUT2D eigenvalue weighted by Crippen LogP contribution is -2.30. The average Bonchev–Trinajstić information content (AvgIpc) is 2.55. The Hall–Kier alpha value is -1.25. The number of piperidine rings is 1. The quantitative estimate of drug-likeness (QED) is 0.828. The molecule has 2 aromatic rings. The van der Waals surface area contributed by atoms with Gasteiger partial charge < -0.3 is 5.32 Å². The van der Waals surface area contributed by atoms with E-state index in [1.165, 1.54) is 23.3 Å². The minimum Gasteiger partial charge on any atom is -0.317 e. The van der Waals surface area contributed by atoms with Gasteiger partial charge >= 0.3 is 0 Å². The van der Waals surface area contributed by atoms with Crippen LogP contribution in [-0.2, 0) is 0 Å². The van der Waals surface area contributed by atoms with Gasteiger partial charge in [0.2, 0.25) is 0 Å². The van der Waals surface area contributed by atoms with Gasteiger partial charge in [0.25, 0.3) is 0 Å². The van der Waals surface area contributed by atoms with Gasteiger partial charge in [0.15, 0.2) is 0 Å². The molecular formula is C18H21NS. The van der Waals surface area contributed by atoms with Crippen LogP contribution in [0.3, 0.4) is 0 Å². The number of hydrogen-bond acceptors (Lipinski definition) is 2. The van der Waals surface area contributed by atoms with Crippen molar-refractivity contribution in [3.05, 3.63) is 66.2 Å². The number of hydrogen-bond donors (Lipinski definition) is 1. The Morgan fingerprint density at radius 1 is 0.850 bits per heavy atom. The van der Waals surface area contributed by atoms with Crippen molar-refractivity contribution in [1.29, 1.82) is 0 Å². The van der Waals surface area contributed by atoms with Crippen LogP contribution in [0.1, 0.15) is 23.7 Å². The van der Waals surface area contributed by atoms with Gasteiger partial charge in [-0.1, -0.05) is 48.5 Å². The molecule has 1 saturated heterocycles. The molecule has 0 bridgehead atoms. The molecule has 2 heteroatoms. The fraction of sp³-hybridized carbons (Fsp3) is 0.333. The molecule has 1 N–H and O–H groups in total. The van der Waals surface area contributed by atoms with E-state index in [1.807, 2.05) is 11.8 Å². The average molecular weight is 283 g/mol. The van der Waals surface area contributed by atoms with Crippen LogP contribution in [0.5, 0.6) is 0 Å². The molecule has 2 aromatic carbocycles. The van der Waals surface area contributed by atoms with E-state index in [2.05, 4.69) is 66.0 Å². The Kier molecular flexibility index (Phi) is 4.77. The van der Waals surface area contributed by atoms with Crippen molar-refractivity contribution < 1.29 is 0 Å². The molecule has 0 saturated carbocycles. The highest BCUT2D eigenvalue weighted by molar-refractivity contribution is 7.99. The van der Waals surface area contributed by atoms with E-state index in [9.17, 15) is 0 Å². The Balaban J connectivity index is 1.83. The van der Waals surface area contributed by atoms with Crippen LogP contribution in [0, 0.1) is 5.92 Å². The van der Waals surface area contributed by atoms with Gasteiger partial charge in [0.1, 0.15) is 0 Å². The largest absolute Gasteiger partial charge is 0.317 e. The maximum atomic E-state index is 3.48. The van der Waals surface area contributed by atoms with Crippen LogP contribution in [-0.4, -0.2) is 13.1 Å². The highest BCUT2D eigenvalue weighted by Gasteiger charge is 2.25. The number of thioether (sulfide) groups is 1. The highest BCUT2D eigenvalue weighted by atomic mass is 32.2. The zero-order valence-electron chi connectivity index (χ0n) is 11.7. The Morgan fingerprint density at radius 2 is 1.45 bits per heavy atom. The van der Waals surface area contributed by atoms with Crippen LogP contribution < -0.4 is 5.32 Å². The molecule has 1 nitrogen and oxygen atoms in total. The lowest BCUT2D eigenvalue weighted by Gasteiger charge is -2.30. The summed E-state index contributed by atoms with van der Waals surface area (Å²) < 4.78 is 0. The summed E-state index contributed by atoms with van der Waals surface area (Å²) in [6.45, 7) is 2.31. The van der Waals surface area contributed by atoms with E-state index < -0.39 is 0 Å². The van der Waals surface area contributed by atoms with E-state index in [4.69, 9.17) is 0 Å². The molecule has 0 spiro atoms. The van der Waals surface area contributed by atoms with Gasteiger partial charge in [-0.15, -0.1) is 11.8 Å². The smallest absolute Gasteiger partial charge is 0.0373 e. The molecule has 1 aliphatic rings. The molecule has 104 valence electrons. The molecule has 3 rings (SSSR count). The zero-order valence-corrected chi connectivity index (χ0v) is 12.5. The minimum absolute atomic E-state index is 0.570. The van der Waals surface area contributed by atoms with E-state index in [-0.39, 0.29) is 0 Å². The molecule has 0 aliphatic carbocycles. The lowest BCUT2D eigenvalue weighted by atomic mass is 9.90. The van der Waals surface area contributed by atoms with Gasteiger partial charge in [0.05, 0.1) is 0 Å². The van der Waals surface area contributed by atoms with Crippen molar-refractivity contribution in [3.63, 3.8) is 0 Å². The first-order chi connectivity index (χ1) is 9.93. The Labute approximate surface area is 125 Å². The molecule has 0 radical (unpaired) electrons. The minimum atomic E-state index is 0.570. The summed E-state index contributed by atoms with van der Waals surface area (Å²) in [7, 11) is 0. The normalized spacial score (nSPS) is 17.8. The van der Waals surface area contributed by atoms with Crippen LogP contribution in [0.15, 0.2) is 65.6 Å². The fourth-order valence-electron chi connectivity index (χ4n) is 2.87. The van der Waals surface area contributed by atoms with Crippen LogP contribution >= 0.6 is 11.8 Å². The molecule has 1 fully saturated rings. The van der Waals surface area contributed by atoms with Crippen molar-refractivity contribution in [3.8, 4) is 0 Å². The molecule has 20 heavy (non-hydrogen) atoms. The summed E-state index contributed by atoms with van der Waals surface area (Å²) in [6.07, 6.45) is 2.55. The van der Waals surface area contributed by atoms with Gasteiger partial charge in [-0.05, 0) is 49.5 Å². The fourth-order valence-corrected chi connectivity index (χ4v) is 4.24. The monoisotopic (exact) mass is 283 g/mol. The number of benzene rings is 2. The summed E-state index contributed by atoms with van der Waals surface area (Å²) in [5.74, 6) is 0.767. The van der Waals surface area contributed by atoms with Crippen LogP contribution in [0.4, 0.5) is 0 Å². The topological polar surface area (TPSA) is 12.0 Å². The van der Waals surface area contributed by atoms with E-state index in [0.717, 1.165) is 19.0 Å². The summed E-state index contributed by atoms with van der Waals surface area (Å²) >= 11 is 2.02. The SMILES string of the molecule is c1ccc(SC(c2ccccc2)C2CCNCC2)cc1. The number of nitrogens with one attached hydrogen (secondary N) is 1. The third kappa shape index (κ3) is 3.44. The first-order valence-corrected chi connectivity index (χ1v) is 8.29. The van der Waals surface area contributed by atoms with E-state index in [1.54, 1.807) is 0 Å². The maximum Gasteiger partial charge on any atom is 0.0373 e. The van der Waals surface area contributed by atoms with Crippen molar-refractivity contribution in [2.45, 2.75) is 23.0 Å². The predicted octanol–water partition coefficient (Wildman–Crippen LogP) is 4.52. The van der Waals surface area contributed by atoms with Gasteiger partial charge in [-0.3, -0.25) is 0 Å². The van der Waals surface area contributed by atoms with Crippen molar-refractivity contribution in [2.24, 2.45) is 5.92 Å². The van der Waals surface area contributed by atoms with E-state index in [0.29, 0.717) is 5.25 Å². The van der Waals surface area contributed by atoms with Crippen LogP contribution in [0.25, 0.3) is 0 Å². The third-order valence-electron chi connectivity index (χ3n) is 3.95. The molecule has 1 aliphatic heterocycles.